The van der Waals surface area contributed by atoms with Gasteiger partial charge in [-0.3, -0.25) is 0 Å². The third-order valence-electron chi connectivity index (χ3n) is 4.30. The zero-order valence-electron chi connectivity index (χ0n) is 14.0. The summed E-state index contributed by atoms with van der Waals surface area (Å²) in [7, 11) is 0. The van der Waals surface area contributed by atoms with Gasteiger partial charge in [-0.1, -0.05) is 42.0 Å². The summed E-state index contributed by atoms with van der Waals surface area (Å²) in [6, 6.07) is 15.5. The minimum Gasteiger partial charge on any atom is -0.488 e. The van der Waals surface area contributed by atoms with Crippen molar-refractivity contribution in [2.45, 2.75) is 45.3 Å². The summed E-state index contributed by atoms with van der Waals surface area (Å²) in [5.41, 5.74) is 3.00. The van der Waals surface area contributed by atoms with Crippen LogP contribution >= 0.6 is 0 Å². The van der Waals surface area contributed by atoms with Crippen LogP contribution in [0.25, 0.3) is 0 Å². The van der Waals surface area contributed by atoms with Crippen molar-refractivity contribution in [2.75, 3.05) is 5.32 Å². The van der Waals surface area contributed by atoms with Gasteiger partial charge in [-0.05, 0) is 50.3 Å². The van der Waals surface area contributed by atoms with E-state index in [4.69, 9.17) is 4.74 Å². The van der Waals surface area contributed by atoms with Crippen LogP contribution in [0.5, 0.6) is 5.75 Å². The molecule has 0 spiro atoms. The molecule has 0 saturated heterocycles. The van der Waals surface area contributed by atoms with Gasteiger partial charge in [0.1, 0.15) is 5.75 Å². The number of amides is 2. The summed E-state index contributed by atoms with van der Waals surface area (Å²) in [5, 5.41) is 5.77. The Hall–Kier alpha value is -2.49. The van der Waals surface area contributed by atoms with Crippen LogP contribution in [-0.4, -0.2) is 12.1 Å². The van der Waals surface area contributed by atoms with Gasteiger partial charge in [0.25, 0.3) is 0 Å². The Bertz CT molecular complexity index is 676. The van der Waals surface area contributed by atoms with E-state index in [-0.39, 0.29) is 12.1 Å². The Balaban J connectivity index is 1.56. The highest BCUT2D eigenvalue weighted by Gasteiger charge is 2.18. The molecule has 2 aromatic carbocycles. The Kier molecular flexibility index (Phi) is 5.36. The lowest BCUT2D eigenvalue weighted by Gasteiger charge is -2.17. The highest BCUT2D eigenvalue weighted by atomic mass is 16.5. The SMILES string of the molecule is Cc1ccc(CNC(=O)Nc2ccccc2OC2CCCC2)cc1. The van der Waals surface area contributed by atoms with Crippen LogP contribution < -0.4 is 15.4 Å². The Labute approximate surface area is 143 Å². The Morgan fingerprint density at radius 1 is 1.08 bits per heavy atom. The van der Waals surface area contributed by atoms with Gasteiger partial charge in [0.05, 0.1) is 11.8 Å². The fourth-order valence-electron chi connectivity index (χ4n) is 2.91. The molecule has 24 heavy (non-hydrogen) atoms. The van der Waals surface area contributed by atoms with E-state index in [0.29, 0.717) is 12.2 Å². The number of carbonyl (C=O) groups excluding carboxylic acids is 1. The molecule has 0 aromatic heterocycles. The van der Waals surface area contributed by atoms with Crippen LogP contribution in [-0.2, 0) is 6.54 Å². The molecule has 2 N–H and O–H groups in total. The Morgan fingerprint density at radius 3 is 2.54 bits per heavy atom. The highest BCUT2D eigenvalue weighted by molar-refractivity contribution is 5.90. The van der Waals surface area contributed by atoms with Crippen LogP contribution in [0.1, 0.15) is 36.8 Å². The highest BCUT2D eigenvalue weighted by Crippen LogP contribution is 2.29. The van der Waals surface area contributed by atoms with E-state index in [1.807, 2.05) is 55.5 Å². The first-order valence-electron chi connectivity index (χ1n) is 8.57. The van der Waals surface area contributed by atoms with Crippen molar-refractivity contribution >= 4 is 11.7 Å². The fraction of sp³-hybridized carbons (Fsp3) is 0.350. The van der Waals surface area contributed by atoms with Crippen LogP contribution in [0.15, 0.2) is 48.5 Å². The van der Waals surface area contributed by atoms with Crippen molar-refractivity contribution in [3.63, 3.8) is 0 Å². The molecule has 0 radical (unpaired) electrons. The molecule has 2 aromatic rings. The monoisotopic (exact) mass is 324 g/mol. The summed E-state index contributed by atoms with van der Waals surface area (Å²) >= 11 is 0. The fourth-order valence-corrected chi connectivity index (χ4v) is 2.91. The number of anilines is 1. The molecule has 126 valence electrons. The number of carbonyl (C=O) groups is 1. The number of urea groups is 1. The quantitative estimate of drug-likeness (QED) is 0.842. The van der Waals surface area contributed by atoms with E-state index in [1.165, 1.54) is 18.4 Å². The molecule has 4 heteroatoms. The minimum atomic E-state index is -0.224. The molecule has 3 rings (SSSR count). The first kappa shape index (κ1) is 16.4. The minimum absolute atomic E-state index is 0.224. The summed E-state index contributed by atoms with van der Waals surface area (Å²) in [6.07, 6.45) is 4.89. The van der Waals surface area contributed by atoms with Gasteiger partial charge < -0.3 is 15.4 Å². The third-order valence-corrected chi connectivity index (χ3v) is 4.30. The number of rotatable bonds is 5. The molecule has 2 amide bonds. The van der Waals surface area contributed by atoms with Crippen molar-refractivity contribution in [1.82, 2.24) is 5.32 Å². The molecule has 0 bridgehead atoms. The van der Waals surface area contributed by atoms with Crippen molar-refractivity contribution in [3.8, 4) is 5.75 Å². The van der Waals surface area contributed by atoms with E-state index >= 15 is 0 Å². The van der Waals surface area contributed by atoms with Crippen LogP contribution in [0.4, 0.5) is 10.5 Å². The molecule has 0 heterocycles. The lowest BCUT2D eigenvalue weighted by molar-refractivity contribution is 0.211. The van der Waals surface area contributed by atoms with Gasteiger partial charge in [0.2, 0.25) is 0 Å². The van der Waals surface area contributed by atoms with E-state index in [9.17, 15) is 4.79 Å². The van der Waals surface area contributed by atoms with Crippen molar-refractivity contribution in [2.24, 2.45) is 0 Å². The average molecular weight is 324 g/mol. The van der Waals surface area contributed by atoms with Crippen LogP contribution in [0.3, 0.4) is 0 Å². The van der Waals surface area contributed by atoms with Gasteiger partial charge >= 0.3 is 6.03 Å². The van der Waals surface area contributed by atoms with Crippen molar-refractivity contribution in [3.05, 3.63) is 59.7 Å². The summed E-state index contributed by atoms with van der Waals surface area (Å²) in [5.74, 6) is 0.745. The normalized spacial score (nSPS) is 14.4. The molecular weight excluding hydrogens is 300 g/mol. The number of benzene rings is 2. The lowest BCUT2D eigenvalue weighted by atomic mass is 10.1. The van der Waals surface area contributed by atoms with E-state index in [2.05, 4.69) is 10.6 Å². The predicted octanol–water partition coefficient (Wildman–Crippen LogP) is 4.64. The van der Waals surface area contributed by atoms with Crippen molar-refractivity contribution < 1.29 is 9.53 Å². The number of para-hydroxylation sites is 2. The van der Waals surface area contributed by atoms with Gasteiger partial charge in [0, 0.05) is 6.54 Å². The molecule has 0 atom stereocenters. The first-order chi connectivity index (χ1) is 11.7. The summed E-state index contributed by atoms with van der Waals surface area (Å²) in [4.78, 5) is 12.2. The maximum Gasteiger partial charge on any atom is 0.319 e. The molecule has 1 aliphatic rings. The molecule has 1 fully saturated rings. The molecule has 0 unspecified atom stereocenters. The second-order valence-electron chi connectivity index (χ2n) is 6.31. The largest absolute Gasteiger partial charge is 0.488 e. The zero-order valence-corrected chi connectivity index (χ0v) is 14.0. The van der Waals surface area contributed by atoms with E-state index in [1.54, 1.807) is 0 Å². The van der Waals surface area contributed by atoms with Gasteiger partial charge in [-0.2, -0.15) is 0 Å². The maximum atomic E-state index is 12.2. The number of nitrogens with one attached hydrogen (secondary N) is 2. The molecule has 4 nitrogen and oxygen atoms in total. The Morgan fingerprint density at radius 2 is 1.79 bits per heavy atom. The van der Waals surface area contributed by atoms with Gasteiger partial charge in [-0.15, -0.1) is 0 Å². The molecule has 1 aliphatic carbocycles. The number of hydrogen-bond acceptors (Lipinski definition) is 2. The molecule has 1 saturated carbocycles. The topological polar surface area (TPSA) is 50.4 Å². The molecule has 0 aliphatic heterocycles. The van der Waals surface area contributed by atoms with Crippen LogP contribution in [0, 0.1) is 6.92 Å². The average Bonchev–Trinajstić information content (AvgIpc) is 3.09. The standard InChI is InChI=1S/C20H24N2O2/c1-15-10-12-16(13-11-15)14-21-20(23)22-18-8-4-5-9-19(18)24-17-6-2-3-7-17/h4-5,8-13,17H,2-3,6-7,14H2,1H3,(H2,21,22,23). The number of hydrogen-bond donors (Lipinski definition) is 2. The number of ether oxygens (including phenoxy) is 1. The first-order valence-corrected chi connectivity index (χ1v) is 8.57. The second kappa shape index (κ2) is 7.86. The van der Waals surface area contributed by atoms with Gasteiger partial charge in [-0.25, -0.2) is 4.79 Å². The zero-order chi connectivity index (χ0) is 16.8. The van der Waals surface area contributed by atoms with E-state index in [0.717, 1.165) is 24.2 Å². The molecular formula is C20H24N2O2. The third kappa shape index (κ3) is 4.51. The maximum absolute atomic E-state index is 12.2. The van der Waals surface area contributed by atoms with E-state index < -0.39 is 0 Å². The van der Waals surface area contributed by atoms with Gasteiger partial charge in [0.15, 0.2) is 0 Å². The predicted molar refractivity (Wildman–Crippen MR) is 96.4 cm³/mol. The smallest absolute Gasteiger partial charge is 0.319 e. The summed E-state index contributed by atoms with van der Waals surface area (Å²) in [6.45, 7) is 2.54. The lowest BCUT2D eigenvalue weighted by Crippen LogP contribution is -2.28. The summed E-state index contributed by atoms with van der Waals surface area (Å²) < 4.78 is 6.04. The number of aryl methyl sites for hydroxylation is 1. The second-order valence-corrected chi connectivity index (χ2v) is 6.31. The van der Waals surface area contributed by atoms with Crippen LogP contribution in [0.2, 0.25) is 0 Å². The van der Waals surface area contributed by atoms with Crippen molar-refractivity contribution in [1.29, 1.82) is 0 Å².